The number of benzene rings is 1. The van der Waals surface area contributed by atoms with Crippen LogP contribution < -0.4 is 0 Å². The van der Waals surface area contributed by atoms with E-state index in [4.69, 9.17) is 4.74 Å². The molecule has 0 fully saturated rings. The molecule has 2 nitrogen and oxygen atoms in total. The van der Waals surface area contributed by atoms with Crippen molar-refractivity contribution in [2.45, 2.75) is 57.8 Å². The third-order valence-corrected chi connectivity index (χ3v) is 3.59. The van der Waals surface area contributed by atoms with Crippen molar-refractivity contribution >= 4 is 17.7 Å². The van der Waals surface area contributed by atoms with Gasteiger partial charge in [0, 0.05) is 15.2 Å². The first kappa shape index (κ1) is 16.1. The van der Waals surface area contributed by atoms with E-state index in [2.05, 4.69) is 26.8 Å². The van der Waals surface area contributed by atoms with Crippen LogP contribution in [0.25, 0.3) is 0 Å². The second kappa shape index (κ2) is 6.00. The normalized spacial score (nSPS) is 12.3. The van der Waals surface area contributed by atoms with Crippen LogP contribution in [0.5, 0.6) is 0 Å². The lowest BCUT2D eigenvalue weighted by atomic mass is 9.97. The van der Waals surface area contributed by atoms with Crippen LogP contribution in [-0.4, -0.2) is 10.7 Å². The Morgan fingerprint density at radius 1 is 1.11 bits per heavy atom. The standard InChI is InChI=1S/C16H24O2S/c1-15(2,3)14(17)18-11-12-9-7-8-10-13(12)19-16(4,5)6/h7-10H,11H2,1-6H3. The topological polar surface area (TPSA) is 26.3 Å². The molecular formula is C16H24O2S. The van der Waals surface area contributed by atoms with E-state index in [1.807, 2.05) is 39.0 Å². The predicted octanol–water partition coefficient (Wildman–Crippen LogP) is 4.67. The summed E-state index contributed by atoms with van der Waals surface area (Å²) in [5.41, 5.74) is 0.617. The van der Waals surface area contributed by atoms with Crippen LogP contribution in [0.4, 0.5) is 0 Å². The molecule has 1 aromatic rings. The van der Waals surface area contributed by atoms with Gasteiger partial charge in [-0.05, 0) is 26.8 Å². The van der Waals surface area contributed by atoms with Crippen LogP contribution in [0.15, 0.2) is 29.2 Å². The molecule has 0 spiro atoms. The first-order valence-corrected chi connectivity index (χ1v) is 7.35. The van der Waals surface area contributed by atoms with Crippen molar-refractivity contribution in [2.75, 3.05) is 0 Å². The quantitative estimate of drug-likeness (QED) is 0.594. The van der Waals surface area contributed by atoms with Crippen molar-refractivity contribution in [1.82, 2.24) is 0 Å². The molecule has 0 aliphatic rings. The fourth-order valence-corrected chi connectivity index (χ4v) is 2.48. The van der Waals surface area contributed by atoms with Crippen LogP contribution >= 0.6 is 11.8 Å². The van der Waals surface area contributed by atoms with Gasteiger partial charge in [0.15, 0.2) is 0 Å². The van der Waals surface area contributed by atoms with E-state index in [1.165, 1.54) is 4.90 Å². The van der Waals surface area contributed by atoms with Gasteiger partial charge in [0.2, 0.25) is 0 Å². The minimum atomic E-state index is -0.452. The number of carbonyl (C=O) groups excluding carboxylic acids is 1. The van der Waals surface area contributed by atoms with Crippen LogP contribution in [0, 0.1) is 5.41 Å². The summed E-state index contributed by atoms with van der Waals surface area (Å²) in [6.45, 7) is 12.5. The van der Waals surface area contributed by atoms with Crippen molar-refractivity contribution in [3.63, 3.8) is 0 Å². The molecule has 1 aromatic carbocycles. The smallest absolute Gasteiger partial charge is 0.311 e. The molecule has 0 radical (unpaired) electrons. The summed E-state index contributed by atoms with van der Waals surface area (Å²) in [5.74, 6) is -0.164. The Labute approximate surface area is 120 Å². The van der Waals surface area contributed by atoms with Gasteiger partial charge in [-0.1, -0.05) is 39.0 Å². The molecule has 0 bridgehead atoms. The second-order valence-corrected chi connectivity index (χ2v) is 8.52. The van der Waals surface area contributed by atoms with Crippen molar-refractivity contribution in [3.05, 3.63) is 29.8 Å². The van der Waals surface area contributed by atoms with Gasteiger partial charge >= 0.3 is 5.97 Å². The molecule has 0 aromatic heterocycles. The average molecular weight is 280 g/mol. The minimum Gasteiger partial charge on any atom is -0.460 e. The first-order valence-electron chi connectivity index (χ1n) is 6.54. The maximum absolute atomic E-state index is 11.8. The van der Waals surface area contributed by atoms with Gasteiger partial charge in [0.1, 0.15) is 6.61 Å². The Morgan fingerprint density at radius 2 is 1.68 bits per heavy atom. The number of thioether (sulfide) groups is 1. The summed E-state index contributed by atoms with van der Waals surface area (Å²) in [7, 11) is 0. The molecule has 0 aliphatic heterocycles. The number of hydrogen-bond donors (Lipinski definition) is 0. The van der Waals surface area contributed by atoms with Gasteiger partial charge in [-0.15, -0.1) is 11.8 Å². The third kappa shape index (κ3) is 5.68. The highest BCUT2D eigenvalue weighted by Crippen LogP contribution is 2.34. The fraction of sp³-hybridized carbons (Fsp3) is 0.562. The van der Waals surface area contributed by atoms with Crippen LogP contribution in [0.3, 0.4) is 0 Å². The zero-order valence-corrected chi connectivity index (χ0v) is 13.6. The molecule has 0 amide bonds. The summed E-state index contributed by atoms with van der Waals surface area (Å²) in [6, 6.07) is 8.09. The highest BCUT2D eigenvalue weighted by atomic mass is 32.2. The highest BCUT2D eigenvalue weighted by molar-refractivity contribution is 8.00. The van der Waals surface area contributed by atoms with Crippen LogP contribution in [-0.2, 0) is 16.1 Å². The molecule has 0 saturated carbocycles. The van der Waals surface area contributed by atoms with E-state index in [9.17, 15) is 4.79 Å². The molecular weight excluding hydrogens is 256 g/mol. The van der Waals surface area contributed by atoms with Crippen LogP contribution in [0.2, 0.25) is 0 Å². The Balaban J connectivity index is 2.77. The molecule has 0 unspecified atom stereocenters. The van der Waals surface area contributed by atoms with E-state index >= 15 is 0 Å². The summed E-state index contributed by atoms with van der Waals surface area (Å²) in [4.78, 5) is 13.0. The van der Waals surface area contributed by atoms with Gasteiger partial charge in [-0.3, -0.25) is 4.79 Å². The molecule has 0 atom stereocenters. The summed E-state index contributed by atoms with van der Waals surface area (Å²) in [6.07, 6.45) is 0. The maximum Gasteiger partial charge on any atom is 0.311 e. The Bertz CT molecular complexity index is 439. The second-order valence-electron chi connectivity index (χ2n) is 6.65. The zero-order chi connectivity index (χ0) is 14.7. The number of esters is 1. The monoisotopic (exact) mass is 280 g/mol. The first-order chi connectivity index (χ1) is 8.59. The Morgan fingerprint density at radius 3 is 2.21 bits per heavy atom. The lowest BCUT2D eigenvalue weighted by molar-refractivity contribution is -0.154. The number of carbonyl (C=O) groups is 1. The lowest BCUT2D eigenvalue weighted by Gasteiger charge is -2.21. The van der Waals surface area contributed by atoms with Gasteiger partial charge in [0.25, 0.3) is 0 Å². The zero-order valence-electron chi connectivity index (χ0n) is 12.7. The van der Waals surface area contributed by atoms with Crippen molar-refractivity contribution in [3.8, 4) is 0 Å². The largest absolute Gasteiger partial charge is 0.460 e. The fourth-order valence-electron chi connectivity index (χ4n) is 1.41. The number of ether oxygens (including phenoxy) is 1. The third-order valence-electron chi connectivity index (χ3n) is 2.36. The molecule has 19 heavy (non-hydrogen) atoms. The van der Waals surface area contributed by atoms with Crippen molar-refractivity contribution in [1.29, 1.82) is 0 Å². The summed E-state index contributed by atoms with van der Waals surface area (Å²) in [5, 5.41) is 0. The molecule has 0 heterocycles. The van der Waals surface area contributed by atoms with E-state index in [1.54, 1.807) is 11.8 Å². The molecule has 0 N–H and O–H groups in total. The van der Waals surface area contributed by atoms with E-state index in [0.29, 0.717) is 6.61 Å². The SMILES string of the molecule is CC(C)(C)Sc1ccccc1COC(=O)C(C)(C)C. The lowest BCUT2D eigenvalue weighted by Crippen LogP contribution is -2.22. The molecule has 106 valence electrons. The number of rotatable bonds is 3. The Hall–Kier alpha value is -0.960. The van der Waals surface area contributed by atoms with Crippen molar-refractivity contribution in [2.24, 2.45) is 5.41 Å². The predicted molar refractivity (Wildman–Crippen MR) is 81.3 cm³/mol. The van der Waals surface area contributed by atoms with E-state index < -0.39 is 5.41 Å². The molecule has 0 aliphatic carbocycles. The van der Waals surface area contributed by atoms with E-state index in [-0.39, 0.29) is 10.7 Å². The highest BCUT2D eigenvalue weighted by Gasteiger charge is 2.23. The Kier molecular flexibility index (Phi) is 5.08. The number of hydrogen-bond acceptors (Lipinski definition) is 3. The van der Waals surface area contributed by atoms with Crippen LogP contribution in [0.1, 0.15) is 47.1 Å². The summed E-state index contributed by atoms with van der Waals surface area (Å²) >= 11 is 1.80. The molecule has 1 rings (SSSR count). The van der Waals surface area contributed by atoms with Gasteiger partial charge in [0.05, 0.1) is 5.41 Å². The molecule has 0 saturated heterocycles. The van der Waals surface area contributed by atoms with Gasteiger partial charge in [-0.25, -0.2) is 0 Å². The van der Waals surface area contributed by atoms with E-state index in [0.717, 1.165) is 5.56 Å². The van der Waals surface area contributed by atoms with Crippen molar-refractivity contribution < 1.29 is 9.53 Å². The van der Waals surface area contributed by atoms with Gasteiger partial charge in [-0.2, -0.15) is 0 Å². The molecule has 3 heteroatoms. The minimum absolute atomic E-state index is 0.143. The average Bonchev–Trinajstić information content (AvgIpc) is 2.24. The summed E-state index contributed by atoms with van der Waals surface area (Å²) < 4.78 is 5.54. The maximum atomic E-state index is 11.8. The van der Waals surface area contributed by atoms with Gasteiger partial charge < -0.3 is 4.74 Å².